The molecule has 3 aromatic rings. The molecular formula is C26H29NO. The number of rotatable bonds is 5. The Morgan fingerprint density at radius 1 is 0.786 bits per heavy atom. The maximum Gasteiger partial charge on any atom is 0.117 e. The quantitative estimate of drug-likeness (QED) is 0.636. The summed E-state index contributed by atoms with van der Waals surface area (Å²) in [5.41, 5.74) is 3.35. The molecule has 0 unspecified atom stereocenters. The van der Waals surface area contributed by atoms with E-state index in [0.29, 0.717) is 6.42 Å². The Balaban J connectivity index is 1.75. The number of nitrogens with zero attached hydrogens (tertiary/aromatic N) is 1. The first-order valence-electron chi connectivity index (χ1n) is 10.2. The Kier molecular flexibility index (Phi) is 4.99. The number of hydrogen-bond acceptors (Lipinski definition) is 2. The second-order valence-electron chi connectivity index (χ2n) is 8.47. The van der Waals surface area contributed by atoms with Crippen LogP contribution >= 0.6 is 0 Å². The van der Waals surface area contributed by atoms with E-state index >= 15 is 0 Å². The first-order valence-corrected chi connectivity index (χ1v) is 10.2. The maximum absolute atomic E-state index is 12.0. The Hall–Kier alpha value is -2.58. The van der Waals surface area contributed by atoms with E-state index in [-0.39, 0.29) is 5.54 Å². The van der Waals surface area contributed by atoms with Crippen molar-refractivity contribution in [3.8, 4) is 0 Å². The molecule has 0 saturated heterocycles. The molecule has 0 spiro atoms. The van der Waals surface area contributed by atoms with Crippen LogP contribution in [0.25, 0.3) is 0 Å². The molecule has 28 heavy (non-hydrogen) atoms. The smallest absolute Gasteiger partial charge is 0.117 e. The second kappa shape index (κ2) is 7.44. The largest absolute Gasteiger partial charge is 0.380 e. The third-order valence-corrected chi connectivity index (χ3v) is 6.03. The fourth-order valence-electron chi connectivity index (χ4n) is 4.68. The van der Waals surface area contributed by atoms with Crippen LogP contribution in [0, 0.1) is 0 Å². The number of fused-ring (bicyclic) bond motifs is 1. The lowest BCUT2D eigenvalue weighted by molar-refractivity contribution is 0.0490. The van der Waals surface area contributed by atoms with Gasteiger partial charge < -0.3 is 10.0 Å². The number of aryl methyl sites for hydroxylation is 1. The average molecular weight is 372 g/mol. The third-order valence-electron chi connectivity index (χ3n) is 6.03. The molecule has 1 aliphatic rings. The van der Waals surface area contributed by atoms with E-state index in [1.807, 2.05) is 60.7 Å². The number of benzene rings is 3. The molecule has 0 atom stereocenters. The van der Waals surface area contributed by atoms with Gasteiger partial charge in [-0.15, -0.1) is 0 Å². The Morgan fingerprint density at radius 3 is 1.93 bits per heavy atom. The van der Waals surface area contributed by atoms with Gasteiger partial charge in [0.15, 0.2) is 0 Å². The van der Waals surface area contributed by atoms with Crippen molar-refractivity contribution in [2.45, 2.75) is 44.2 Å². The lowest BCUT2D eigenvalue weighted by Gasteiger charge is -2.47. The Morgan fingerprint density at radius 2 is 1.32 bits per heavy atom. The summed E-state index contributed by atoms with van der Waals surface area (Å²) < 4.78 is 0. The van der Waals surface area contributed by atoms with Crippen LogP contribution in [-0.2, 0) is 12.0 Å². The van der Waals surface area contributed by atoms with Crippen molar-refractivity contribution in [3.63, 3.8) is 0 Å². The minimum Gasteiger partial charge on any atom is -0.380 e. The predicted octanol–water partition coefficient (Wildman–Crippen LogP) is 5.54. The topological polar surface area (TPSA) is 23.5 Å². The first kappa shape index (κ1) is 18.8. The average Bonchev–Trinajstić information content (AvgIpc) is 2.74. The molecule has 0 aliphatic carbocycles. The highest BCUT2D eigenvalue weighted by Crippen LogP contribution is 2.42. The molecule has 0 amide bonds. The van der Waals surface area contributed by atoms with Gasteiger partial charge in [0.05, 0.1) is 0 Å². The summed E-state index contributed by atoms with van der Waals surface area (Å²) >= 11 is 0. The second-order valence-corrected chi connectivity index (χ2v) is 8.47. The first-order chi connectivity index (χ1) is 13.5. The minimum absolute atomic E-state index is 0.211. The highest BCUT2D eigenvalue weighted by molar-refractivity contribution is 5.57. The molecule has 1 aliphatic heterocycles. The molecule has 2 nitrogen and oxygen atoms in total. The molecule has 0 fully saturated rings. The van der Waals surface area contributed by atoms with Crippen molar-refractivity contribution in [3.05, 3.63) is 102 Å². The fourth-order valence-corrected chi connectivity index (χ4v) is 4.68. The third kappa shape index (κ3) is 3.45. The molecule has 3 aromatic carbocycles. The van der Waals surface area contributed by atoms with Gasteiger partial charge in [-0.3, -0.25) is 0 Å². The molecule has 144 valence electrons. The van der Waals surface area contributed by atoms with Crippen molar-refractivity contribution >= 4 is 5.69 Å². The molecule has 0 saturated carbocycles. The van der Waals surface area contributed by atoms with Crippen molar-refractivity contribution in [1.82, 2.24) is 0 Å². The van der Waals surface area contributed by atoms with Crippen LogP contribution in [0.15, 0.2) is 84.9 Å². The van der Waals surface area contributed by atoms with E-state index in [4.69, 9.17) is 0 Å². The van der Waals surface area contributed by atoms with E-state index in [0.717, 1.165) is 30.5 Å². The van der Waals surface area contributed by atoms with E-state index in [2.05, 4.69) is 43.0 Å². The predicted molar refractivity (Wildman–Crippen MR) is 117 cm³/mol. The van der Waals surface area contributed by atoms with Gasteiger partial charge in [-0.05, 0) is 49.4 Å². The van der Waals surface area contributed by atoms with E-state index < -0.39 is 5.60 Å². The monoisotopic (exact) mass is 371 g/mol. The van der Waals surface area contributed by atoms with Gasteiger partial charge in [-0.25, -0.2) is 0 Å². The van der Waals surface area contributed by atoms with Crippen molar-refractivity contribution < 1.29 is 5.11 Å². The number of hydrogen-bond donors (Lipinski definition) is 1. The van der Waals surface area contributed by atoms with Gasteiger partial charge >= 0.3 is 0 Å². The zero-order chi connectivity index (χ0) is 19.6. The van der Waals surface area contributed by atoms with Crippen LogP contribution < -0.4 is 4.90 Å². The molecule has 0 aromatic heterocycles. The van der Waals surface area contributed by atoms with E-state index in [1.54, 1.807) is 0 Å². The highest BCUT2D eigenvalue weighted by atomic mass is 16.3. The molecule has 0 bridgehead atoms. The number of anilines is 1. The molecule has 1 heterocycles. The van der Waals surface area contributed by atoms with E-state index in [1.165, 1.54) is 11.3 Å². The van der Waals surface area contributed by atoms with Gasteiger partial charge in [-0.1, -0.05) is 78.9 Å². The summed E-state index contributed by atoms with van der Waals surface area (Å²) in [6, 6.07) is 28.9. The van der Waals surface area contributed by atoms with Gasteiger partial charge in [0.2, 0.25) is 0 Å². The zero-order valence-electron chi connectivity index (χ0n) is 16.8. The molecular weight excluding hydrogens is 342 g/mol. The normalized spacial score (nSPS) is 14.6. The lowest BCUT2D eigenvalue weighted by Crippen LogP contribution is -2.51. The summed E-state index contributed by atoms with van der Waals surface area (Å²) in [6.07, 6.45) is 2.89. The number of para-hydroxylation sites is 1. The Labute approximate surface area is 168 Å². The van der Waals surface area contributed by atoms with E-state index in [9.17, 15) is 5.11 Å². The minimum atomic E-state index is -1.04. The van der Waals surface area contributed by atoms with Crippen LogP contribution in [-0.4, -0.2) is 17.2 Å². The fraction of sp³-hybridized carbons (Fsp3) is 0.308. The molecule has 2 heteroatoms. The lowest BCUT2D eigenvalue weighted by atomic mass is 9.76. The summed E-state index contributed by atoms with van der Waals surface area (Å²) in [4.78, 5) is 2.49. The van der Waals surface area contributed by atoms with Crippen LogP contribution in [0.3, 0.4) is 0 Å². The standard InChI is InChI=1S/C26H29NO/c1-25(2,27-19-11-13-21-12-9-10-18-24(21)27)20-26(28,22-14-5-3-6-15-22)23-16-7-4-8-17-23/h3-10,12,14-18,28H,11,13,19-20H2,1-2H3. The SMILES string of the molecule is CC(C)(CC(O)(c1ccccc1)c1ccccc1)N1CCCc2ccccc21. The Bertz CT molecular complexity index is 878. The van der Waals surface area contributed by atoms with Gasteiger partial charge in [0.1, 0.15) is 5.60 Å². The van der Waals surface area contributed by atoms with Gasteiger partial charge in [0, 0.05) is 24.2 Å². The van der Waals surface area contributed by atoms with Gasteiger partial charge in [0.25, 0.3) is 0 Å². The molecule has 1 N–H and O–H groups in total. The van der Waals surface area contributed by atoms with Gasteiger partial charge in [-0.2, -0.15) is 0 Å². The van der Waals surface area contributed by atoms with Crippen molar-refractivity contribution in [1.29, 1.82) is 0 Å². The van der Waals surface area contributed by atoms with Crippen LogP contribution in [0.2, 0.25) is 0 Å². The number of aliphatic hydroxyl groups is 1. The maximum atomic E-state index is 12.0. The van der Waals surface area contributed by atoms with Crippen molar-refractivity contribution in [2.75, 3.05) is 11.4 Å². The summed E-state index contributed by atoms with van der Waals surface area (Å²) in [7, 11) is 0. The van der Waals surface area contributed by atoms with Crippen LogP contribution in [0.5, 0.6) is 0 Å². The summed E-state index contributed by atoms with van der Waals surface area (Å²) in [6.45, 7) is 5.53. The zero-order valence-corrected chi connectivity index (χ0v) is 16.8. The van der Waals surface area contributed by atoms with Crippen LogP contribution in [0.4, 0.5) is 5.69 Å². The van der Waals surface area contributed by atoms with Crippen molar-refractivity contribution in [2.24, 2.45) is 0 Å². The summed E-state index contributed by atoms with van der Waals surface area (Å²) in [5, 5.41) is 12.0. The molecule has 0 radical (unpaired) electrons. The summed E-state index contributed by atoms with van der Waals surface area (Å²) in [5.74, 6) is 0. The molecule has 4 rings (SSSR count). The van der Waals surface area contributed by atoms with Crippen LogP contribution in [0.1, 0.15) is 43.4 Å². The highest BCUT2D eigenvalue weighted by Gasteiger charge is 2.41.